The molecule has 0 bridgehead atoms. The fourth-order valence-corrected chi connectivity index (χ4v) is 4.57. The van der Waals surface area contributed by atoms with Gasteiger partial charge in [-0.3, -0.25) is 0 Å². The molecule has 0 heterocycles. The second kappa shape index (κ2) is 7.69. The van der Waals surface area contributed by atoms with Crippen molar-refractivity contribution in [2.75, 3.05) is 18.9 Å². The van der Waals surface area contributed by atoms with Crippen molar-refractivity contribution in [3.05, 3.63) is 29.3 Å². The second-order valence-corrected chi connectivity index (χ2v) is 7.13. The van der Waals surface area contributed by atoms with Crippen molar-refractivity contribution in [3.8, 4) is 0 Å². The Morgan fingerprint density at radius 2 is 2.35 bits per heavy atom. The van der Waals surface area contributed by atoms with Gasteiger partial charge >= 0.3 is 0 Å². The fraction of sp³-hybridized carbons (Fsp3) is 0.625. The van der Waals surface area contributed by atoms with E-state index in [4.69, 9.17) is 11.6 Å². The zero-order valence-corrected chi connectivity index (χ0v) is 13.6. The van der Waals surface area contributed by atoms with Crippen molar-refractivity contribution in [3.63, 3.8) is 0 Å². The van der Waals surface area contributed by atoms with Crippen LogP contribution in [0.4, 0.5) is 0 Å². The molecule has 0 aliphatic heterocycles. The van der Waals surface area contributed by atoms with Gasteiger partial charge in [0.1, 0.15) is 0 Å². The van der Waals surface area contributed by atoms with Gasteiger partial charge in [0.25, 0.3) is 0 Å². The van der Waals surface area contributed by atoms with Crippen molar-refractivity contribution in [1.82, 2.24) is 5.32 Å². The van der Waals surface area contributed by atoms with Crippen molar-refractivity contribution in [1.29, 1.82) is 0 Å². The van der Waals surface area contributed by atoms with Gasteiger partial charge in [0.05, 0.1) is 6.61 Å². The predicted molar refractivity (Wildman–Crippen MR) is 87.6 cm³/mol. The molecule has 0 amide bonds. The summed E-state index contributed by atoms with van der Waals surface area (Å²) in [6.45, 7) is 3.30. The first-order chi connectivity index (χ1) is 9.70. The lowest BCUT2D eigenvalue weighted by Gasteiger charge is -2.35. The van der Waals surface area contributed by atoms with Crippen LogP contribution in [0.2, 0.25) is 5.02 Å². The lowest BCUT2D eigenvalue weighted by Crippen LogP contribution is -2.51. The molecule has 1 aromatic carbocycles. The zero-order chi connectivity index (χ0) is 14.4. The van der Waals surface area contributed by atoms with E-state index in [2.05, 4.69) is 18.3 Å². The van der Waals surface area contributed by atoms with Crippen LogP contribution in [0.1, 0.15) is 32.6 Å². The van der Waals surface area contributed by atoms with E-state index in [-0.39, 0.29) is 12.1 Å². The molecule has 0 aromatic heterocycles. The molecule has 2 nitrogen and oxygen atoms in total. The normalized spacial score (nSPS) is 26.1. The molecule has 112 valence electrons. The molecule has 0 saturated heterocycles. The van der Waals surface area contributed by atoms with Gasteiger partial charge in [-0.2, -0.15) is 0 Å². The first kappa shape index (κ1) is 16.2. The van der Waals surface area contributed by atoms with E-state index in [0.717, 1.165) is 30.2 Å². The molecule has 2 atom stereocenters. The number of hydrogen-bond acceptors (Lipinski definition) is 3. The Kier molecular flexibility index (Phi) is 6.21. The van der Waals surface area contributed by atoms with Crippen LogP contribution in [-0.4, -0.2) is 29.5 Å². The van der Waals surface area contributed by atoms with Gasteiger partial charge in [-0.25, -0.2) is 0 Å². The number of thioether (sulfide) groups is 1. The first-order valence-corrected chi connectivity index (χ1v) is 8.81. The summed E-state index contributed by atoms with van der Waals surface area (Å²) in [6.07, 6.45) is 4.69. The number of benzene rings is 1. The average molecular weight is 314 g/mol. The van der Waals surface area contributed by atoms with Crippen LogP contribution in [0.3, 0.4) is 0 Å². The van der Waals surface area contributed by atoms with E-state index in [1.54, 1.807) is 0 Å². The Labute approximate surface area is 131 Å². The van der Waals surface area contributed by atoms with Crippen molar-refractivity contribution in [2.24, 2.45) is 5.92 Å². The van der Waals surface area contributed by atoms with Crippen molar-refractivity contribution < 1.29 is 5.11 Å². The number of halogens is 1. The molecule has 2 unspecified atom stereocenters. The van der Waals surface area contributed by atoms with Gasteiger partial charge in [0.15, 0.2) is 0 Å². The van der Waals surface area contributed by atoms with Crippen LogP contribution in [0.5, 0.6) is 0 Å². The molecule has 4 heteroatoms. The molecular weight excluding hydrogens is 290 g/mol. The Hall–Kier alpha value is -0.220. The summed E-state index contributed by atoms with van der Waals surface area (Å²) in [5, 5.41) is 14.1. The molecule has 1 fully saturated rings. The van der Waals surface area contributed by atoms with E-state index in [1.165, 1.54) is 17.7 Å². The minimum atomic E-state index is -0.0381. The molecule has 1 saturated carbocycles. The minimum absolute atomic E-state index is 0.0381. The number of hydrogen-bond donors (Lipinski definition) is 2. The first-order valence-electron chi connectivity index (χ1n) is 7.44. The van der Waals surface area contributed by atoms with Gasteiger partial charge < -0.3 is 10.4 Å². The topological polar surface area (TPSA) is 32.3 Å². The minimum Gasteiger partial charge on any atom is -0.394 e. The summed E-state index contributed by atoms with van der Waals surface area (Å²) >= 11 is 7.86. The molecule has 20 heavy (non-hydrogen) atoms. The number of aliphatic hydroxyl groups excluding tert-OH is 1. The quantitative estimate of drug-likeness (QED) is 0.747. The summed E-state index contributed by atoms with van der Waals surface area (Å²) in [6, 6.07) is 8.03. The monoisotopic (exact) mass is 313 g/mol. The molecule has 2 rings (SSSR count). The van der Waals surface area contributed by atoms with Gasteiger partial charge in [0.2, 0.25) is 0 Å². The van der Waals surface area contributed by atoms with Crippen LogP contribution in [0.15, 0.2) is 29.2 Å². The van der Waals surface area contributed by atoms with Gasteiger partial charge in [-0.15, -0.1) is 11.8 Å². The molecule has 1 aliphatic carbocycles. The molecule has 1 aromatic rings. The third kappa shape index (κ3) is 3.91. The van der Waals surface area contributed by atoms with Crippen LogP contribution < -0.4 is 5.32 Å². The lowest BCUT2D eigenvalue weighted by molar-refractivity contribution is 0.124. The van der Waals surface area contributed by atoms with E-state index in [0.29, 0.717) is 5.92 Å². The summed E-state index contributed by atoms with van der Waals surface area (Å²) < 4.78 is 0. The highest BCUT2D eigenvalue weighted by molar-refractivity contribution is 7.99. The summed E-state index contributed by atoms with van der Waals surface area (Å²) in [5.41, 5.74) is -0.0381. The van der Waals surface area contributed by atoms with Gasteiger partial charge in [0, 0.05) is 15.5 Å². The van der Waals surface area contributed by atoms with E-state index in [9.17, 15) is 5.11 Å². The highest BCUT2D eigenvalue weighted by Crippen LogP contribution is 2.39. The summed E-state index contributed by atoms with van der Waals surface area (Å²) in [4.78, 5) is 1.23. The maximum atomic E-state index is 9.78. The third-order valence-corrected chi connectivity index (χ3v) is 5.56. The largest absolute Gasteiger partial charge is 0.394 e. The predicted octanol–water partition coefficient (Wildman–Crippen LogP) is 3.96. The van der Waals surface area contributed by atoms with E-state index < -0.39 is 0 Å². The molecule has 0 spiro atoms. The smallest absolute Gasteiger partial charge is 0.0616 e. The maximum absolute atomic E-state index is 9.78. The van der Waals surface area contributed by atoms with Crippen molar-refractivity contribution >= 4 is 23.4 Å². The van der Waals surface area contributed by atoms with Crippen LogP contribution in [-0.2, 0) is 0 Å². The molecule has 1 aliphatic rings. The highest BCUT2D eigenvalue weighted by atomic mass is 35.5. The Bertz CT molecular complexity index is 429. The standard InChI is InChI=1S/C16H24ClNOS/c1-2-18-16(12-19)9-4-5-13(16)8-10-20-15-7-3-6-14(17)11-15/h3,6-7,11,13,18-19H,2,4-5,8-10,12H2,1H3. The van der Waals surface area contributed by atoms with E-state index >= 15 is 0 Å². The number of nitrogens with one attached hydrogen (secondary N) is 1. The average Bonchev–Trinajstić information content (AvgIpc) is 2.83. The second-order valence-electron chi connectivity index (χ2n) is 5.53. The number of likely N-dealkylation sites (N-methyl/N-ethyl adjacent to an activating group) is 1. The summed E-state index contributed by atoms with van der Waals surface area (Å²) in [7, 11) is 0. The Morgan fingerprint density at radius 1 is 1.50 bits per heavy atom. The van der Waals surface area contributed by atoms with Gasteiger partial charge in [-0.05, 0) is 55.7 Å². The number of aliphatic hydroxyl groups is 1. The SMILES string of the molecule is CCNC1(CO)CCCC1CCSc1cccc(Cl)c1. The highest BCUT2D eigenvalue weighted by Gasteiger charge is 2.41. The molecule has 0 radical (unpaired) electrons. The zero-order valence-electron chi connectivity index (χ0n) is 12.1. The van der Waals surface area contributed by atoms with Gasteiger partial charge in [-0.1, -0.05) is 31.0 Å². The van der Waals surface area contributed by atoms with Crippen LogP contribution in [0.25, 0.3) is 0 Å². The third-order valence-electron chi connectivity index (χ3n) is 4.30. The maximum Gasteiger partial charge on any atom is 0.0616 e. The number of rotatable bonds is 7. The Morgan fingerprint density at radius 3 is 3.05 bits per heavy atom. The summed E-state index contributed by atoms with van der Waals surface area (Å²) in [5.74, 6) is 1.66. The van der Waals surface area contributed by atoms with Crippen LogP contribution >= 0.6 is 23.4 Å². The molecular formula is C16H24ClNOS. The van der Waals surface area contributed by atoms with E-state index in [1.807, 2.05) is 30.0 Å². The Balaban J connectivity index is 1.86. The van der Waals surface area contributed by atoms with Crippen molar-refractivity contribution in [2.45, 2.75) is 43.0 Å². The molecule has 2 N–H and O–H groups in total. The lowest BCUT2D eigenvalue weighted by atomic mass is 9.86. The van der Waals surface area contributed by atoms with Crippen LogP contribution in [0, 0.1) is 5.92 Å². The fourth-order valence-electron chi connectivity index (χ4n) is 3.29.